The van der Waals surface area contributed by atoms with Gasteiger partial charge in [0.2, 0.25) is 0 Å². The van der Waals surface area contributed by atoms with Gasteiger partial charge in [0, 0.05) is 27.7 Å². The van der Waals surface area contributed by atoms with Crippen LogP contribution in [0.3, 0.4) is 0 Å². The van der Waals surface area contributed by atoms with Gasteiger partial charge in [0.05, 0.1) is 0 Å². The van der Waals surface area contributed by atoms with Crippen molar-refractivity contribution in [2.45, 2.75) is 64.5 Å². The normalized spacial score (nSPS) is 28.0. The first-order valence-corrected chi connectivity index (χ1v) is 9.12. The fourth-order valence-corrected chi connectivity index (χ4v) is 3.44. The average Bonchev–Trinajstić information content (AvgIpc) is 2.50. The van der Waals surface area contributed by atoms with Crippen LogP contribution in [0.5, 0.6) is 0 Å². The van der Waals surface area contributed by atoms with E-state index in [0.29, 0.717) is 5.75 Å². The molecule has 0 aromatic heterocycles. The minimum Gasteiger partial charge on any atom is -0.463 e. The van der Waals surface area contributed by atoms with E-state index in [-0.39, 0.29) is 6.61 Å². The van der Waals surface area contributed by atoms with Gasteiger partial charge in [0.15, 0.2) is 18.3 Å². The first-order chi connectivity index (χ1) is 12.1. The highest BCUT2D eigenvalue weighted by molar-refractivity contribution is 7.99. The summed E-state index contributed by atoms with van der Waals surface area (Å²) in [5, 5.41) is 0. The molecule has 10 heteroatoms. The van der Waals surface area contributed by atoms with Crippen molar-refractivity contribution < 1.29 is 42.9 Å². The molecule has 5 unspecified atom stereocenters. The number of rotatable bonds is 7. The first-order valence-electron chi connectivity index (χ1n) is 8.07. The second-order valence-corrected chi connectivity index (χ2v) is 6.90. The van der Waals surface area contributed by atoms with Crippen LogP contribution in [0.15, 0.2) is 0 Å². The van der Waals surface area contributed by atoms with Crippen LogP contribution in [0.2, 0.25) is 0 Å². The van der Waals surface area contributed by atoms with Crippen LogP contribution in [0.4, 0.5) is 0 Å². The number of hydrogen-bond acceptors (Lipinski definition) is 10. The fraction of sp³-hybridized carbons (Fsp3) is 0.750. The van der Waals surface area contributed by atoms with Gasteiger partial charge in [-0.15, -0.1) is 11.8 Å². The molecule has 0 N–H and O–H groups in total. The molecular weight excluding hydrogens is 368 g/mol. The highest BCUT2D eigenvalue weighted by atomic mass is 32.2. The summed E-state index contributed by atoms with van der Waals surface area (Å²) in [4.78, 5) is 45.8. The SMILES string of the molecule is CCSC1OC(COC(C)=O)C(OC(C)=O)C(OC(C)=O)C1OC(C)=O. The highest BCUT2D eigenvalue weighted by Crippen LogP contribution is 2.34. The molecule has 0 aliphatic carbocycles. The Balaban J connectivity index is 3.22. The zero-order chi connectivity index (χ0) is 19.9. The van der Waals surface area contributed by atoms with Gasteiger partial charge in [0.25, 0.3) is 0 Å². The maximum Gasteiger partial charge on any atom is 0.303 e. The van der Waals surface area contributed by atoms with Crippen molar-refractivity contribution in [3.8, 4) is 0 Å². The molecule has 9 nitrogen and oxygen atoms in total. The van der Waals surface area contributed by atoms with Crippen LogP contribution in [0.1, 0.15) is 34.6 Å². The van der Waals surface area contributed by atoms with Crippen molar-refractivity contribution in [3.63, 3.8) is 0 Å². The third-order valence-electron chi connectivity index (χ3n) is 3.28. The van der Waals surface area contributed by atoms with Gasteiger partial charge in [-0.25, -0.2) is 0 Å². The van der Waals surface area contributed by atoms with Gasteiger partial charge in [-0.3, -0.25) is 19.2 Å². The molecule has 0 amide bonds. The van der Waals surface area contributed by atoms with Crippen molar-refractivity contribution in [2.24, 2.45) is 0 Å². The Hall–Kier alpha value is -1.81. The molecule has 1 heterocycles. The zero-order valence-electron chi connectivity index (χ0n) is 15.4. The summed E-state index contributed by atoms with van der Waals surface area (Å²) in [6.07, 6.45) is -4.07. The second-order valence-electron chi connectivity index (χ2n) is 5.52. The Kier molecular flexibility index (Phi) is 8.86. The van der Waals surface area contributed by atoms with Crippen LogP contribution in [0, 0.1) is 0 Å². The molecule has 148 valence electrons. The molecule has 1 fully saturated rings. The van der Waals surface area contributed by atoms with Gasteiger partial charge in [0.1, 0.15) is 18.1 Å². The molecule has 0 bridgehead atoms. The summed E-state index contributed by atoms with van der Waals surface area (Å²) in [5.74, 6) is -1.81. The lowest BCUT2D eigenvalue weighted by Gasteiger charge is -2.44. The highest BCUT2D eigenvalue weighted by Gasteiger charge is 2.52. The standard InChI is InChI=1S/C16H24O9S/c1-6-26-16-15(24-11(5)20)14(23-10(4)19)13(22-9(3)18)12(25-16)7-21-8(2)17/h12-16H,6-7H2,1-5H3. The van der Waals surface area contributed by atoms with Gasteiger partial charge in [-0.1, -0.05) is 6.92 Å². The molecule has 0 aromatic rings. The van der Waals surface area contributed by atoms with E-state index in [1.807, 2.05) is 6.92 Å². The maximum atomic E-state index is 11.6. The van der Waals surface area contributed by atoms with Crippen molar-refractivity contribution in [1.29, 1.82) is 0 Å². The number of ether oxygens (including phenoxy) is 5. The summed E-state index contributed by atoms with van der Waals surface area (Å²) < 4.78 is 26.7. The topological polar surface area (TPSA) is 114 Å². The zero-order valence-corrected chi connectivity index (χ0v) is 16.2. The molecule has 26 heavy (non-hydrogen) atoms. The smallest absolute Gasteiger partial charge is 0.303 e. The summed E-state index contributed by atoms with van der Waals surface area (Å²) in [7, 11) is 0. The Morgan fingerprint density at radius 3 is 1.77 bits per heavy atom. The molecule has 0 radical (unpaired) electrons. The quantitative estimate of drug-likeness (QED) is 0.455. The number of thioether (sulfide) groups is 1. The Labute approximate surface area is 156 Å². The van der Waals surface area contributed by atoms with E-state index >= 15 is 0 Å². The molecule has 1 aliphatic rings. The van der Waals surface area contributed by atoms with Gasteiger partial charge in [-0.2, -0.15) is 0 Å². The summed E-state index contributed by atoms with van der Waals surface area (Å²) in [6, 6.07) is 0. The number of hydrogen-bond donors (Lipinski definition) is 0. The van der Waals surface area contributed by atoms with E-state index in [1.165, 1.54) is 39.5 Å². The molecular formula is C16H24O9S. The monoisotopic (exact) mass is 392 g/mol. The lowest BCUT2D eigenvalue weighted by molar-refractivity contribution is -0.237. The molecule has 5 atom stereocenters. The minimum atomic E-state index is -1.10. The first kappa shape index (κ1) is 22.2. The van der Waals surface area contributed by atoms with Gasteiger partial charge in [-0.05, 0) is 5.75 Å². The van der Waals surface area contributed by atoms with Crippen molar-refractivity contribution >= 4 is 35.6 Å². The van der Waals surface area contributed by atoms with E-state index < -0.39 is 53.7 Å². The third-order valence-corrected chi connectivity index (χ3v) is 4.32. The van der Waals surface area contributed by atoms with Gasteiger partial charge < -0.3 is 23.7 Å². The van der Waals surface area contributed by atoms with Crippen molar-refractivity contribution in [3.05, 3.63) is 0 Å². The predicted octanol–water partition coefficient (Wildman–Crippen LogP) is 0.823. The largest absolute Gasteiger partial charge is 0.463 e. The van der Waals surface area contributed by atoms with E-state index in [2.05, 4.69) is 0 Å². The van der Waals surface area contributed by atoms with Gasteiger partial charge >= 0.3 is 23.9 Å². The van der Waals surface area contributed by atoms with E-state index in [1.54, 1.807) is 0 Å². The third kappa shape index (κ3) is 6.83. The molecule has 1 aliphatic heterocycles. The lowest BCUT2D eigenvalue weighted by Crippen LogP contribution is -2.61. The molecule has 0 saturated carbocycles. The lowest BCUT2D eigenvalue weighted by atomic mass is 9.99. The fourth-order valence-electron chi connectivity index (χ4n) is 2.49. The van der Waals surface area contributed by atoms with Crippen LogP contribution in [0.25, 0.3) is 0 Å². The van der Waals surface area contributed by atoms with Crippen molar-refractivity contribution in [1.82, 2.24) is 0 Å². The maximum absolute atomic E-state index is 11.6. The van der Waals surface area contributed by atoms with Crippen LogP contribution >= 0.6 is 11.8 Å². The summed E-state index contributed by atoms with van der Waals surface area (Å²) in [6.45, 7) is 6.48. The minimum absolute atomic E-state index is 0.210. The predicted molar refractivity (Wildman–Crippen MR) is 90.1 cm³/mol. The van der Waals surface area contributed by atoms with E-state index in [4.69, 9.17) is 23.7 Å². The van der Waals surface area contributed by atoms with Crippen molar-refractivity contribution in [2.75, 3.05) is 12.4 Å². The second kappa shape index (κ2) is 10.4. The Bertz CT molecular complexity index is 536. The number of esters is 4. The molecule has 1 saturated heterocycles. The average molecular weight is 392 g/mol. The summed E-state index contributed by atoms with van der Waals surface area (Å²) in [5.41, 5.74) is -0.694. The Morgan fingerprint density at radius 1 is 0.808 bits per heavy atom. The van der Waals surface area contributed by atoms with Crippen LogP contribution in [-0.2, 0) is 42.9 Å². The Morgan fingerprint density at radius 2 is 1.31 bits per heavy atom. The van der Waals surface area contributed by atoms with E-state index in [9.17, 15) is 19.2 Å². The van der Waals surface area contributed by atoms with Crippen LogP contribution in [-0.4, -0.2) is 66.1 Å². The van der Waals surface area contributed by atoms with E-state index in [0.717, 1.165) is 0 Å². The number of carbonyl (C=O) groups is 4. The molecule has 1 rings (SSSR count). The molecule has 0 aromatic carbocycles. The van der Waals surface area contributed by atoms with Crippen LogP contribution < -0.4 is 0 Å². The summed E-state index contributed by atoms with van der Waals surface area (Å²) >= 11 is 1.32. The number of carbonyl (C=O) groups excluding carboxylic acids is 4. The molecule has 0 spiro atoms.